The van der Waals surface area contributed by atoms with Crippen molar-refractivity contribution < 1.29 is 9.53 Å². The van der Waals surface area contributed by atoms with Gasteiger partial charge in [0.25, 0.3) is 0 Å². The van der Waals surface area contributed by atoms with Crippen LogP contribution in [0.3, 0.4) is 0 Å². The van der Waals surface area contributed by atoms with Crippen molar-refractivity contribution in [2.75, 3.05) is 0 Å². The third kappa shape index (κ3) is 2.71. The van der Waals surface area contributed by atoms with E-state index in [1.807, 2.05) is 30.3 Å². The summed E-state index contributed by atoms with van der Waals surface area (Å²) in [6.07, 6.45) is -0.742. The molecule has 3 nitrogen and oxygen atoms in total. The zero-order chi connectivity index (χ0) is 8.10. The number of nitrogens with two attached hydrogens (primary N) is 1. The number of rotatable bonds is 2. The first-order valence-electron chi connectivity index (χ1n) is 3.25. The molecule has 0 aliphatic rings. The average Bonchev–Trinajstić information content (AvgIpc) is 2.03. The molecule has 0 radical (unpaired) electrons. The number of carbonyl (C=O) groups excluding carboxylic acids is 1. The molecule has 3 heteroatoms. The summed E-state index contributed by atoms with van der Waals surface area (Å²) in [4.78, 5) is 10.2. The lowest BCUT2D eigenvalue weighted by Crippen LogP contribution is -2.12. The van der Waals surface area contributed by atoms with Crippen LogP contribution in [0, 0.1) is 0 Å². The lowest BCUT2D eigenvalue weighted by atomic mass is 10.2. The molecular formula is C8H9NO2. The fourth-order valence-electron chi connectivity index (χ4n) is 0.729. The molecule has 0 unspecified atom stereocenters. The van der Waals surface area contributed by atoms with Gasteiger partial charge < -0.3 is 10.5 Å². The van der Waals surface area contributed by atoms with Crippen LogP contribution in [-0.2, 0) is 11.3 Å². The van der Waals surface area contributed by atoms with E-state index in [4.69, 9.17) is 5.73 Å². The molecule has 0 saturated heterocycles. The van der Waals surface area contributed by atoms with Crippen LogP contribution in [0.25, 0.3) is 0 Å². The van der Waals surface area contributed by atoms with Crippen molar-refractivity contribution in [1.82, 2.24) is 0 Å². The molecule has 11 heavy (non-hydrogen) atoms. The molecule has 0 aromatic heterocycles. The highest BCUT2D eigenvalue weighted by atomic mass is 16.5. The van der Waals surface area contributed by atoms with E-state index in [9.17, 15) is 4.79 Å². The molecule has 0 aliphatic carbocycles. The van der Waals surface area contributed by atoms with Crippen LogP contribution in [0.5, 0.6) is 0 Å². The minimum Gasteiger partial charge on any atom is -0.445 e. The van der Waals surface area contributed by atoms with Gasteiger partial charge in [-0.05, 0) is 5.56 Å². The molecule has 0 aliphatic heterocycles. The predicted molar refractivity (Wildman–Crippen MR) is 40.8 cm³/mol. The van der Waals surface area contributed by atoms with Crippen LogP contribution in [0.4, 0.5) is 4.79 Å². The Morgan fingerprint density at radius 3 is 2.55 bits per heavy atom. The molecule has 0 spiro atoms. The fraction of sp³-hybridized carbons (Fsp3) is 0.125. The van der Waals surface area contributed by atoms with Gasteiger partial charge in [0.1, 0.15) is 6.61 Å². The molecule has 58 valence electrons. The summed E-state index contributed by atoms with van der Waals surface area (Å²) in [5, 5.41) is 0. The van der Waals surface area contributed by atoms with Crippen molar-refractivity contribution in [3.63, 3.8) is 0 Å². The molecule has 0 saturated carbocycles. The molecule has 1 aromatic carbocycles. The Balaban J connectivity index is 2.45. The molecule has 0 bridgehead atoms. The molecule has 1 aromatic rings. The Kier molecular flexibility index (Phi) is 2.49. The van der Waals surface area contributed by atoms with Gasteiger partial charge in [-0.25, -0.2) is 4.79 Å². The van der Waals surface area contributed by atoms with Crippen LogP contribution in [-0.4, -0.2) is 6.09 Å². The van der Waals surface area contributed by atoms with Crippen molar-refractivity contribution in [1.29, 1.82) is 0 Å². The molecule has 1 amide bonds. The summed E-state index contributed by atoms with van der Waals surface area (Å²) >= 11 is 0. The maximum Gasteiger partial charge on any atom is 0.404 e. The van der Waals surface area contributed by atoms with Crippen LogP contribution >= 0.6 is 0 Å². The van der Waals surface area contributed by atoms with Crippen LogP contribution in [0.15, 0.2) is 30.3 Å². The van der Waals surface area contributed by atoms with E-state index < -0.39 is 6.09 Å². The second-order valence-electron chi connectivity index (χ2n) is 2.09. The minimum absolute atomic E-state index is 0.246. The maximum absolute atomic E-state index is 10.2. The quantitative estimate of drug-likeness (QED) is 0.690. The molecule has 0 heterocycles. The monoisotopic (exact) mass is 150 g/mol. The van der Waals surface area contributed by atoms with Crippen molar-refractivity contribution in [2.45, 2.75) is 6.61 Å². The second-order valence-corrected chi connectivity index (χ2v) is 2.09. The summed E-state index contributed by atoms with van der Waals surface area (Å²) in [5.74, 6) is 0. The SMILES string of the molecule is [13NH2]C(=O)OCc1ccccc1. The highest BCUT2D eigenvalue weighted by molar-refractivity contribution is 5.64. The van der Waals surface area contributed by atoms with E-state index in [0.29, 0.717) is 0 Å². The highest BCUT2D eigenvalue weighted by Gasteiger charge is 1.93. The van der Waals surface area contributed by atoms with Gasteiger partial charge in [0, 0.05) is 0 Å². The Morgan fingerprint density at radius 1 is 1.36 bits per heavy atom. The number of ether oxygens (including phenoxy) is 1. The van der Waals surface area contributed by atoms with Crippen LogP contribution in [0.1, 0.15) is 5.56 Å². The van der Waals surface area contributed by atoms with E-state index in [-0.39, 0.29) is 6.61 Å². The third-order valence-electron chi connectivity index (χ3n) is 1.22. The number of primary amides is 1. The Labute approximate surface area is 64.8 Å². The van der Waals surface area contributed by atoms with E-state index in [1.165, 1.54) is 0 Å². The van der Waals surface area contributed by atoms with Gasteiger partial charge in [-0.3, -0.25) is 0 Å². The zero-order valence-electron chi connectivity index (χ0n) is 5.99. The van der Waals surface area contributed by atoms with Gasteiger partial charge in [0.2, 0.25) is 0 Å². The summed E-state index contributed by atoms with van der Waals surface area (Å²) in [6, 6.07) is 9.37. The lowest BCUT2D eigenvalue weighted by Gasteiger charge is -1.99. The van der Waals surface area contributed by atoms with Gasteiger partial charge in [0.15, 0.2) is 0 Å². The first kappa shape index (κ1) is 7.60. The van der Waals surface area contributed by atoms with Gasteiger partial charge in [-0.15, -0.1) is 0 Å². The van der Waals surface area contributed by atoms with Crippen molar-refractivity contribution in [3.05, 3.63) is 35.9 Å². The summed E-state index contributed by atoms with van der Waals surface area (Å²) in [6.45, 7) is 0.246. The number of hydrogen-bond donors (Lipinski definition) is 1. The molecule has 1 rings (SSSR count). The summed E-state index contributed by atoms with van der Waals surface area (Å²) < 4.78 is 4.57. The van der Waals surface area contributed by atoms with E-state index >= 15 is 0 Å². The van der Waals surface area contributed by atoms with Crippen molar-refractivity contribution >= 4 is 6.09 Å². The number of amides is 1. The highest BCUT2D eigenvalue weighted by Crippen LogP contribution is 1.99. The second kappa shape index (κ2) is 3.61. The maximum atomic E-state index is 10.2. The van der Waals surface area contributed by atoms with E-state index in [1.54, 1.807) is 0 Å². The van der Waals surface area contributed by atoms with Crippen molar-refractivity contribution in [2.24, 2.45) is 5.73 Å². The van der Waals surface area contributed by atoms with E-state index in [2.05, 4.69) is 4.74 Å². The first-order chi connectivity index (χ1) is 5.29. The Bertz CT molecular complexity index is 233. The largest absolute Gasteiger partial charge is 0.445 e. The van der Waals surface area contributed by atoms with Crippen LogP contribution in [0.2, 0.25) is 0 Å². The molecular weight excluding hydrogens is 141 g/mol. The normalized spacial score (nSPS) is 9.09. The smallest absolute Gasteiger partial charge is 0.404 e. The molecule has 2 N–H and O–H groups in total. The topological polar surface area (TPSA) is 52.3 Å². The van der Waals surface area contributed by atoms with Gasteiger partial charge in [-0.1, -0.05) is 30.3 Å². The van der Waals surface area contributed by atoms with Gasteiger partial charge in [-0.2, -0.15) is 0 Å². The summed E-state index contributed by atoms with van der Waals surface area (Å²) in [7, 11) is 0. The van der Waals surface area contributed by atoms with Gasteiger partial charge in [0.05, 0.1) is 0 Å². The third-order valence-corrected chi connectivity index (χ3v) is 1.22. The first-order valence-corrected chi connectivity index (χ1v) is 3.25. The predicted octanol–water partition coefficient (Wildman–Crippen LogP) is 1.28. The van der Waals surface area contributed by atoms with Gasteiger partial charge >= 0.3 is 6.09 Å². The van der Waals surface area contributed by atoms with E-state index in [0.717, 1.165) is 5.56 Å². The fourth-order valence-corrected chi connectivity index (χ4v) is 0.729. The Hall–Kier alpha value is -1.51. The standard InChI is InChI=1S/C8H9NO2/c9-8(10)11-6-7-4-2-1-3-5-7/h1-5H,6H2,(H2,9,10)/i9-1. The zero-order valence-corrected chi connectivity index (χ0v) is 5.99. The number of benzene rings is 1. The van der Waals surface area contributed by atoms with Crippen molar-refractivity contribution in [3.8, 4) is 0 Å². The summed E-state index contributed by atoms with van der Waals surface area (Å²) in [5.41, 5.74) is 5.72. The molecule has 0 fully saturated rings. The average molecular weight is 150 g/mol. The number of carbonyl (C=O) groups is 1. The molecule has 0 atom stereocenters. The Morgan fingerprint density at radius 2 is 2.00 bits per heavy atom. The minimum atomic E-state index is -0.742. The lowest BCUT2D eigenvalue weighted by molar-refractivity contribution is 0.150. The number of hydrogen-bond acceptors (Lipinski definition) is 2. The van der Waals surface area contributed by atoms with Crippen LogP contribution < -0.4 is 5.73 Å².